The molecule has 0 atom stereocenters. The molecule has 0 amide bonds. The van der Waals surface area contributed by atoms with Crippen molar-refractivity contribution in [3.63, 3.8) is 0 Å². The molecule has 2 aromatic rings. The van der Waals surface area contributed by atoms with Gasteiger partial charge in [0.05, 0.1) is 10.0 Å². The molecule has 0 aliphatic heterocycles. The number of para-hydroxylation sites is 1. The molecule has 0 saturated heterocycles. The Kier molecular flexibility index (Phi) is 5.59. The van der Waals surface area contributed by atoms with Gasteiger partial charge in [-0.25, -0.2) is 0 Å². The summed E-state index contributed by atoms with van der Waals surface area (Å²) in [6.07, 6.45) is 0. The SMILES string of the molecule is Cc1ccc(OCCOc2ccccc2C(N)=S)c(Br)c1. The first-order valence-electron chi connectivity index (χ1n) is 6.48. The van der Waals surface area contributed by atoms with Gasteiger partial charge in [0, 0.05) is 0 Å². The molecule has 0 aliphatic rings. The fraction of sp³-hybridized carbons (Fsp3) is 0.188. The van der Waals surface area contributed by atoms with Crippen molar-refractivity contribution < 1.29 is 9.47 Å². The van der Waals surface area contributed by atoms with E-state index in [2.05, 4.69) is 15.9 Å². The molecule has 0 bridgehead atoms. The zero-order valence-electron chi connectivity index (χ0n) is 11.6. The molecule has 0 saturated carbocycles. The van der Waals surface area contributed by atoms with Crippen LogP contribution in [0.15, 0.2) is 46.9 Å². The molecular formula is C16H16BrNO2S. The topological polar surface area (TPSA) is 44.5 Å². The Bertz CT molecular complexity index is 646. The predicted octanol–water partition coefficient (Wildman–Crippen LogP) is 3.85. The summed E-state index contributed by atoms with van der Waals surface area (Å²) in [5.41, 5.74) is 7.57. The Morgan fingerprint density at radius 3 is 2.43 bits per heavy atom. The highest BCUT2D eigenvalue weighted by molar-refractivity contribution is 9.10. The van der Waals surface area contributed by atoms with E-state index in [1.807, 2.05) is 49.4 Å². The first-order valence-corrected chi connectivity index (χ1v) is 7.68. The molecule has 0 spiro atoms. The van der Waals surface area contributed by atoms with Gasteiger partial charge >= 0.3 is 0 Å². The number of ether oxygens (including phenoxy) is 2. The average molecular weight is 366 g/mol. The molecule has 2 N–H and O–H groups in total. The van der Waals surface area contributed by atoms with Crippen LogP contribution in [0.5, 0.6) is 11.5 Å². The average Bonchev–Trinajstić information content (AvgIpc) is 2.45. The zero-order valence-corrected chi connectivity index (χ0v) is 14.0. The summed E-state index contributed by atoms with van der Waals surface area (Å²) in [6, 6.07) is 13.4. The number of halogens is 1. The fourth-order valence-electron chi connectivity index (χ4n) is 1.82. The third kappa shape index (κ3) is 4.44. The van der Waals surface area contributed by atoms with Gasteiger partial charge in [-0.3, -0.25) is 0 Å². The van der Waals surface area contributed by atoms with Crippen molar-refractivity contribution in [1.29, 1.82) is 0 Å². The van der Waals surface area contributed by atoms with Crippen LogP contribution >= 0.6 is 28.1 Å². The standard InChI is InChI=1S/C16H16BrNO2S/c1-11-6-7-15(13(17)10-11)20-9-8-19-14-5-3-2-4-12(14)16(18)21/h2-7,10H,8-9H2,1H3,(H2,18,21). The summed E-state index contributed by atoms with van der Waals surface area (Å²) in [4.78, 5) is 0.327. The molecule has 2 aromatic carbocycles. The molecule has 0 fully saturated rings. The summed E-state index contributed by atoms with van der Waals surface area (Å²) in [6.45, 7) is 2.89. The third-order valence-corrected chi connectivity index (χ3v) is 3.68. The summed E-state index contributed by atoms with van der Waals surface area (Å²) < 4.78 is 12.3. The second-order valence-electron chi connectivity index (χ2n) is 4.49. The van der Waals surface area contributed by atoms with E-state index in [0.29, 0.717) is 24.0 Å². The van der Waals surface area contributed by atoms with Gasteiger partial charge in [-0.15, -0.1) is 0 Å². The monoisotopic (exact) mass is 365 g/mol. The second-order valence-corrected chi connectivity index (χ2v) is 5.79. The maximum atomic E-state index is 5.68. The van der Waals surface area contributed by atoms with E-state index in [4.69, 9.17) is 27.4 Å². The Labute approximate surface area is 138 Å². The molecule has 0 aliphatic carbocycles. The van der Waals surface area contributed by atoms with E-state index in [9.17, 15) is 0 Å². The first-order chi connectivity index (χ1) is 10.1. The van der Waals surface area contributed by atoms with Crippen LogP contribution in [0.25, 0.3) is 0 Å². The number of hydrogen-bond donors (Lipinski definition) is 1. The number of hydrogen-bond acceptors (Lipinski definition) is 3. The molecule has 0 aromatic heterocycles. The largest absolute Gasteiger partial charge is 0.489 e. The lowest BCUT2D eigenvalue weighted by Gasteiger charge is -2.12. The summed E-state index contributed by atoms with van der Waals surface area (Å²) in [5.74, 6) is 1.48. The lowest BCUT2D eigenvalue weighted by atomic mass is 10.2. The zero-order chi connectivity index (χ0) is 15.2. The normalized spacial score (nSPS) is 10.2. The summed E-state index contributed by atoms with van der Waals surface area (Å²) >= 11 is 8.47. The van der Waals surface area contributed by atoms with Crippen LogP contribution < -0.4 is 15.2 Å². The lowest BCUT2D eigenvalue weighted by molar-refractivity contribution is 0.216. The van der Waals surface area contributed by atoms with Crippen LogP contribution in [0, 0.1) is 6.92 Å². The van der Waals surface area contributed by atoms with Gasteiger partial charge in [0.1, 0.15) is 29.7 Å². The Morgan fingerprint density at radius 1 is 1.10 bits per heavy atom. The molecule has 5 heteroatoms. The van der Waals surface area contributed by atoms with Crippen LogP contribution in [0.1, 0.15) is 11.1 Å². The van der Waals surface area contributed by atoms with Crippen molar-refractivity contribution in [3.8, 4) is 11.5 Å². The molecule has 2 rings (SSSR count). The molecule has 3 nitrogen and oxygen atoms in total. The van der Waals surface area contributed by atoms with Gasteiger partial charge < -0.3 is 15.2 Å². The van der Waals surface area contributed by atoms with Crippen LogP contribution in [0.4, 0.5) is 0 Å². The lowest BCUT2D eigenvalue weighted by Crippen LogP contribution is -2.14. The molecule has 0 radical (unpaired) electrons. The molecule has 110 valence electrons. The number of benzene rings is 2. The fourth-order valence-corrected chi connectivity index (χ4v) is 2.60. The van der Waals surface area contributed by atoms with Crippen molar-refractivity contribution >= 4 is 33.1 Å². The molecule has 21 heavy (non-hydrogen) atoms. The minimum Gasteiger partial charge on any atom is -0.489 e. The van der Waals surface area contributed by atoms with E-state index in [1.54, 1.807) is 0 Å². The van der Waals surface area contributed by atoms with Gasteiger partial charge in [-0.1, -0.05) is 30.4 Å². The van der Waals surface area contributed by atoms with E-state index < -0.39 is 0 Å². The smallest absolute Gasteiger partial charge is 0.133 e. The molecule has 0 unspecified atom stereocenters. The number of thiocarbonyl (C=S) groups is 1. The van der Waals surface area contributed by atoms with Crippen LogP contribution in [0.3, 0.4) is 0 Å². The summed E-state index contributed by atoms with van der Waals surface area (Å²) in [5, 5.41) is 0. The maximum Gasteiger partial charge on any atom is 0.133 e. The minimum absolute atomic E-state index is 0.327. The third-order valence-electron chi connectivity index (χ3n) is 2.84. The van der Waals surface area contributed by atoms with Gasteiger partial charge in [0.2, 0.25) is 0 Å². The highest BCUT2D eigenvalue weighted by atomic mass is 79.9. The predicted molar refractivity (Wildman–Crippen MR) is 92.2 cm³/mol. The minimum atomic E-state index is 0.327. The Hall–Kier alpha value is -1.59. The van der Waals surface area contributed by atoms with Gasteiger partial charge in [-0.05, 0) is 52.7 Å². The van der Waals surface area contributed by atoms with Crippen LogP contribution in [0.2, 0.25) is 0 Å². The quantitative estimate of drug-likeness (QED) is 0.623. The molecular weight excluding hydrogens is 350 g/mol. The van der Waals surface area contributed by atoms with Crippen molar-refractivity contribution in [2.45, 2.75) is 6.92 Å². The summed E-state index contributed by atoms with van der Waals surface area (Å²) in [7, 11) is 0. The second kappa shape index (κ2) is 7.43. The first kappa shape index (κ1) is 15.8. The Morgan fingerprint density at radius 2 is 1.76 bits per heavy atom. The Balaban J connectivity index is 1.89. The highest BCUT2D eigenvalue weighted by Gasteiger charge is 2.06. The highest BCUT2D eigenvalue weighted by Crippen LogP contribution is 2.25. The van der Waals surface area contributed by atoms with Crippen LogP contribution in [-0.2, 0) is 0 Å². The van der Waals surface area contributed by atoms with E-state index in [1.165, 1.54) is 5.56 Å². The van der Waals surface area contributed by atoms with E-state index in [0.717, 1.165) is 15.8 Å². The maximum absolute atomic E-state index is 5.68. The number of aryl methyl sites for hydroxylation is 1. The number of rotatable bonds is 6. The van der Waals surface area contributed by atoms with Gasteiger partial charge in [0.25, 0.3) is 0 Å². The van der Waals surface area contributed by atoms with Crippen molar-refractivity contribution in [1.82, 2.24) is 0 Å². The van der Waals surface area contributed by atoms with Crippen molar-refractivity contribution in [3.05, 3.63) is 58.1 Å². The van der Waals surface area contributed by atoms with Gasteiger partial charge in [-0.2, -0.15) is 0 Å². The number of nitrogens with two attached hydrogens (primary N) is 1. The van der Waals surface area contributed by atoms with Crippen LogP contribution in [-0.4, -0.2) is 18.2 Å². The van der Waals surface area contributed by atoms with E-state index in [-0.39, 0.29) is 0 Å². The molecule has 0 heterocycles. The van der Waals surface area contributed by atoms with Crippen molar-refractivity contribution in [2.24, 2.45) is 5.73 Å². The van der Waals surface area contributed by atoms with E-state index >= 15 is 0 Å². The van der Waals surface area contributed by atoms with Crippen molar-refractivity contribution in [2.75, 3.05) is 13.2 Å². The van der Waals surface area contributed by atoms with Gasteiger partial charge in [0.15, 0.2) is 0 Å².